The average Bonchev–Trinajstić information content (AvgIpc) is 3.41. The third kappa shape index (κ3) is 3.75. The van der Waals surface area contributed by atoms with Gasteiger partial charge in [-0.2, -0.15) is 5.10 Å². The first-order valence-corrected chi connectivity index (χ1v) is 8.55. The number of carboxylic acid groups (broad SMARTS) is 1. The molecule has 132 valence electrons. The Labute approximate surface area is 150 Å². The Morgan fingerprint density at radius 1 is 1.12 bits per heavy atom. The van der Waals surface area contributed by atoms with E-state index in [0.29, 0.717) is 18.3 Å². The molecule has 1 aromatic heterocycles. The van der Waals surface area contributed by atoms with Gasteiger partial charge in [0.1, 0.15) is 0 Å². The van der Waals surface area contributed by atoms with E-state index >= 15 is 0 Å². The van der Waals surface area contributed by atoms with Crippen molar-refractivity contribution in [2.45, 2.75) is 25.4 Å². The summed E-state index contributed by atoms with van der Waals surface area (Å²) in [5.41, 5.74) is 7.34. The second-order valence-electron chi connectivity index (χ2n) is 6.45. The predicted molar refractivity (Wildman–Crippen MR) is 97.8 cm³/mol. The van der Waals surface area contributed by atoms with Crippen LogP contribution in [0.1, 0.15) is 40.4 Å². The molecule has 0 atom stereocenters. The maximum atomic E-state index is 10.9. The number of carboxylic acids is 1. The summed E-state index contributed by atoms with van der Waals surface area (Å²) in [5.74, 6) is 0.412. The van der Waals surface area contributed by atoms with Crippen molar-refractivity contribution < 1.29 is 14.7 Å². The number of anilines is 1. The fourth-order valence-corrected chi connectivity index (χ4v) is 2.78. The Kier molecular flexibility index (Phi) is 4.41. The molecule has 0 radical (unpaired) electrons. The molecule has 3 aromatic rings. The van der Waals surface area contributed by atoms with Gasteiger partial charge in [-0.25, -0.2) is 10.3 Å². The second-order valence-corrected chi connectivity index (χ2v) is 6.45. The summed E-state index contributed by atoms with van der Waals surface area (Å²) >= 11 is 0. The minimum atomic E-state index is -0.919. The minimum Gasteiger partial charge on any atom is -0.478 e. The SMILES string of the molecule is O=C(O)c1ccc(-c2ccc(CONc3cc(C4CC4)[nH]n3)cc2)cc1. The summed E-state index contributed by atoms with van der Waals surface area (Å²) in [7, 11) is 0. The maximum Gasteiger partial charge on any atom is 0.335 e. The monoisotopic (exact) mass is 349 g/mol. The van der Waals surface area contributed by atoms with E-state index in [9.17, 15) is 4.79 Å². The standard InChI is InChI=1S/C20H19N3O3/c24-20(25)17-9-5-15(6-10-17)14-3-1-13(2-4-14)12-26-23-19-11-18(21-22-19)16-7-8-16/h1-6,9-11,16H,7-8,12H2,(H,24,25)(H2,21,22,23). The van der Waals surface area contributed by atoms with E-state index in [1.165, 1.54) is 12.8 Å². The molecule has 0 bridgehead atoms. The zero-order chi connectivity index (χ0) is 17.9. The van der Waals surface area contributed by atoms with Crippen LogP contribution < -0.4 is 5.48 Å². The molecule has 0 spiro atoms. The summed E-state index contributed by atoms with van der Waals surface area (Å²) in [6.07, 6.45) is 2.46. The van der Waals surface area contributed by atoms with Gasteiger partial charge in [0.05, 0.1) is 12.2 Å². The molecule has 1 fully saturated rings. The highest BCUT2D eigenvalue weighted by Gasteiger charge is 2.25. The Balaban J connectivity index is 1.32. The highest BCUT2D eigenvalue weighted by atomic mass is 16.6. The van der Waals surface area contributed by atoms with Crippen LogP contribution in [0.5, 0.6) is 0 Å². The molecule has 6 heteroatoms. The van der Waals surface area contributed by atoms with E-state index in [2.05, 4.69) is 15.7 Å². The quantitative estimate of drug-likeness (QED) is 0.557. The van der Waals surface area contributed by atoms with E-state index in [0.717, 1.165) is 22.4 Å². The van der Waals surface area contributed by atoms with Gasteiger partial charge >= 0.3 is 5.97 Å². The fourth-order valence-electron chi connectivity index (χ4n) is 2.78. The van der Waals surface area contributed by atoms with Crippen molar-refractivity contribution in [3.05, 3.63) is 71.4 Å². The molecular weight excluding hydrogens is 330 g/mol. The lowest BCUT2D eigenvalue weighted by Gasteiger charge is -2.06. The first-order chi connectivity index (χ1) is 12.7. The van der Waals surface area contributed by atoms with Crippen LogP contribution in [0.2, 0.25) is 0 Å². The van der Waals surface area contributed by atoms with Crippen molar-refractivity contribution >= 4 is 11.8 Å². The number of aromatic carboxylic acids is 1. The molecule has 2 aromatic carbocycles. The number of hydrogen-bond donors (Lipinski definition) is 3. The van der Waals surface area contributed by atoms with Crippen LogP contribution in [0.25, 0.3) is 11.1 Å². The van der Waals surface area contributed by atoms with E-state index < -0.39 is 5.97 Å². The Morgan fingerprint density at radius 3 is 2.38 bits per heavy atom. The lowest BCUT2D eigenvalue weighted by molar-refractivity contribution is 0.0697. The van der Waals surface area contributed by atoms with E-state index in [1.54, 1.807) is 12.1 Å². The van der Waals surface area contributed by atoms with Gasteiger partial charge in [-0.3, -0.25) is 9.94 Å². The number of rotatable bonds is 7. The Morgan fingerprint density at radius 2 is 1.77 bits per heavy atom. The number of carbonyl (C=O) groups is 1. The fraction of sp³-hybridized carbons (Fsp3) is 0.200. The number of aromatic nitrogens is 2. The van der Waals surface area contributed by atoms with Gasteiger partial charge in [-0.05, 0) is 41.7 Å². The lowest BCUT2D eigenvalue weighted by atomic mass is 10.0. The van der Waals surface area contributed by atoms with Gasteiger partial charge in [0.25, 0.3) is 0 Å². The van der Waals surface area contributed by atoms with Crippen LogP contribution >= 0.6 is 0 Å². The van der Waals surface area contributed by atoms with Gasteiger partial charge in [0.15, 0.2) is 5.82 Å². The topological polar surface area (TPSA) is 87.2 Å². The second kappa shape index (κ2) is 7.01. The van der Waals surface area contributed by atoms with Gasteiger partial charge in [0, 0.05) is 17.7 Å². The molecule has 0 aliphatic heterocycles. The minimum absolute atomic E-state index is 0.285. The Hall–Kier alpha value is -3.12. The molecule has 1 aliphatic carbocycles. The van der Waals surface area contributed by atoms with Crippen molar-refractivity contribution in [3.63, 3.8) is 0 Å². The number of nitrogens with zero attached hydrogens (tertiary/aromatic N) is 1. The molecular formula is C20H19N3O3. The van der Waals surface area contributed by atoms with Crippen LogP contribution in [-0.2, 0) is 11.4 Å². The van der Waals surface area contributed by atoms with Crippen molar-refractivity contribution in [1.82, 2.24) is 10.2 Å². The van der Waals surface area contributed by atoms with Crippen LogP contribution in [0.3, 0.4) is 0 Å². The summed E-state index contributed by atoms with van der Waals surface area (Å²) in [6, 6.07) is 16.8. The average molecular weight is 349 g/mol. The van der Waals surface area contributed by atoms with Gasteiger partial charge in [-0.1, -0.05) is 36.4 Å². The van der Waals surface area contributed by atoms with Crippen LogP contribution in [0.15, 0.2) is 54.6 Å². The molecule has 4 rings (SSSR count). The summed E-state index contributed by atoms with van der Waals surface area (Å²) < 4.78 is 0. The third-order valence-electron chi connectivity index (χ3n) is 4.45. The Bertz CT molecular complexity index is 897. The molecule has 1 aliphatic rings. The summed E-state index contributed by atoms with van der Waals surface area (Å²) in [4.78, 5) is 16.4. The van der Waals surface area contributed by atoms with Gasteiger partial charge < -0.3 is 5.11 Å². The van der Waals surface area contributed by atoms with Crippen molar-refractivity contribution in [2.75, 3.05) is 5.48 Å². The number of benzene rings is 2. The maximum absolute atomic E-state index is 10.9. The molecule has 1 heterocycles. The molecule has 0 saturated heterocycles. The lowest BCUT2D eigenvalue weighted by Crippen LogP contribution is -2.01. The largest absolute Gasteiger partial charge is 0.478 e. The number of aromatic amines is 1. The molecule has 3 N–H and O–H groups in total. The highest BCUT2D eigenvalue weighted by molar-refractivity contribution is 5.88. The van der Waals surface area contributed by atoms with Gasteiger partial charge in [-0.15, -0.1) is 0 Å². The zero-order valence-electron chi connectivity index (χ0n) is 14.1. The number of nitrogens with one attached hydrogen (secondary N) is 2. The van der Waals surface area contributed by atoms with Crippen LogP contribution in [0.4, 0.5) is 5.82 Å². The van der Waals surface area contributed by atoms with Crippen LogP contribution in [0, 0.1) is 0 Å². The molecule has 6 nitrogen and oxygen atoms in total. The molecule has 1 saturated carbocycles. The predicted octanol–water partition coefficient (Wildman–Crippen LogP) is 4.20. The first-order valence-electron chi connectivity index (χ1n) is 8.55. The summed E-state index contributed by atoms with van der Waals surface area (Å²) in [5, 5.41) is 16.2. The van der Waals surface area contributed by atoms with Crippen molar-refractivity contribution in [1.29, 1.82) is 0 Å². The molecule has 26 heavy (non-hydrogen) atoms. The normalized spacial score (nSPS) is 13.5. The van der Waals surface area contributed by atoms with E-state index in [-0.39, 0.29) is 5.56 Å². The highest BCUT2D eigenvalue weighted by Crippen LogP contribution is 2.39. The molecule has 0 amide bonds. The molecule has 0 unspecified atom stereocenters. The third-order valence-corrected chi connectivity index (χ3v) is 4.45. The van der Waals surface area contributed by atoms with Gasteiger partial charge in [0.2, 0.25) is 0 Å². The van der Waals surface area contributed by atoms with Crippen molar-refractivity contribution in [2.24, 2.45) is 0 Å². The van der Waals surface area contributed by atoms with Crippen LogP contribution in [-0.4, -0.2) is 21.3 Å². The number of H-pyrrole nitrogens is 1. The number of hydrogen-bond acceptors (Lipinski definition) is 4. The summed E-state index contributed by atoms with van der Waals surface area (Å²) in [6.45, 7) is 0.420. The first kappa shape index (κ1) is 16.4. The van der Waals surface area contributed by atoms with E-state index in [4.69, 9.17) is 9.94 Å². The zero-order valence-corrected chi connectivity index (χ0v) is 14.1. The van der Waals surface area contributed by atoms with E-state index in [1.807, 2.05) is 42.5 Å². The smallest absolute Gasteiger partial charge is 0.335 e. The van der Waals surface area contributed by atoms with Crippen molar-refractivity contribution in [3.8, 4) is 11.1 Å².